The van der Waals surface area contributed by atoms with Gasteiger partial charge in [0.25, 0.3) is 5.91 Å². The predicted octanol–water partition coefficient (Wildman–Crippen LogP) is 0.529. The zero-order valence-electron chi connectivity index (χ0n) is 12.1. The molecule has 0 aliphatic rings. The summed E-state index contributed by atoms with van der Waals surface area (Å²) in [6.07, 6.45) is 0. The molecule has 0 atom stereocenters. The van der Waals surface area contributed by atoms with E-state index in [9.17, 15) is 9.59 Å². The van der Waals surface area contributed by atoms with Gasteiger partial charge in [0.15, 0.2) is 0 Å². The molecule has 0 saturated carbocycles. The lowest BCUT2D eigenvalue weighted by molar-refractivity contribution is -0.120. The maximum atomic E-state index is 12.1. The van der Waals surface area contributed by atoms with Gasteiger partial charge in [-0.1, -0.05) is 11.6 Å². The number of carbonyl (C=O) groups excluding carboxylic acids is 2. The second kappa shape index (κ2) is 8.16. The third kappa shape index (κ3) is 4.89. The van der Waals surface area contributed by atoms with Gasteiger partial charge in [0, 0.05) is 26.4 Å². The van der Waals surface area contributed by atoms with Crippen LogP contribution in [0.15, 0.2) is 18.2 Å². The molecule has 0 aliphatic carbocycles. The van der Waals surface area contributed by atoms with Crippen molar-refractivity contribution in [1.82, 2.24) is 10.6 Å². The predicted molar refractivity (Wildman–Crippen MR) is 77.9 cm³/mol. The van der Waals surface area contributed by atoms with Crippen molar-refractivity contribution in [3.05, 3.63) is 29.3 Å². The van der Waals surface area contributed by atoms with E-state index in [2.05, 4.69) is 16.0 Å². The van der Waals surface area contributed by atoms with E-state index in [4.69, 9.17) is 4.74 Å². The average molecular weight is 279 g/mol. The number of anilines is 1. The van der Waals surface area contributed by atoms with Gasteiger partial charge in [0.1, 0.15) is 0 Å². The van der Waals surface area contributed by atoms with Gasteiger partial charge in [-0.15, -0.1) is 0 Å². The van der Waals surface area contributed by atoms with E-state index in [1.165, 1.54) is 0 Å². The number of amides is 2. The summed E-state index contributed by atoms with van der Waals surface area (Å²) >= 11 is 0. The van der Waals surface area contributed by atoms with Crippen LogP contribution in [0.1, 0.15) is 15.9 Å². The Labute approximate surface area is 118 Å². The minimum absolute atomic E-state index is 0.0559. The third-order valence-electron chi connectivity index (χ3n) is 2.73. The maximum absolute atomic E-state index is 12.1. The molecule has 20 heavy (non-hydrogen) atoms. The Balaban J connectivity index is 2.54. The van der Waals surface area contributed by atoms with Crippen molar-refractivity contribution < 1.29 is 14.3 Å². The number of ether oxygens (including phenoxy) is 1. The number of nitrogens with one attached hydrogen (secondary N) is 3. The topological polar surface area (TPSA) is 79.5 Å². The quantitative estimate of drug-likeness (QED) is 0.636. The lowest BCUT2D eigenvalue weighted by Gasteiger charge is -2.11. The van der Waals surface area contributed by atoms with Crippen LogP contribution < -0.4 is 16.0 Å². The van der Waals surface area contributed by atoms with Crippen molar-refractivity contribution in [3.63, 3.8) is 0 Å². The average Bonchev–Trinajstić information content (AvgIpc) is 2.45. The van der Waals surface area contributed by atoms with Crippen LogP contribution in [-0.2, 0) is 9.53 Å². The van der Waals surface area contributed by atoms with Crippen molar-refractivity contribution in [2.24, 2.45) is 0 Å². The number of carbonyl (C=O) groups is 2. The van der Waals surface area contributed by atoms with Gasteiger partial charge in [-0.25, -0.2) is 0 Å². The van der Waals surface area contributed by atoms with Crippen molar-refractivity contribution in [2.45, 2.75) is 6.92 Å². The van der Waals surface area contributed by atoms with E-state index in [0.717, 1.165) is 11.3 Å². The zero-order valence-corrected chi connectivity index (χ0v) is 12.1. The van der Waals surface area contributed by atoms with Crippen LogP contribution in [-0.4, -0.2) is 45.7 Å². The second-order valence-electron chi connectivity index (χ2n) is 4.32. The van der Waals surface area contributed by atoms with Crippen molar-refractivity contribution in [2.75, 3.05) is 39.2 Å². The van der Waals surface area contributed by atoms with Gasteiger partial charge in [0.2, 0.25) is 5.91 Å². The molecule has 110 valence electrons. The molecule has 1 aromatic rings. The molecule has 0 unspecified atom stereocenters. The van der Waals surface area contributed by atoms with E-state index in [-0.39, 0.29) is 18.4 Å². The van der Waals surface area contributed by atoms with E-state index >= 15 is 0 Å². The number of aryl methyl sites for hydroxylation is 1. The molecule has 3 N–H and O–H groups in total. The molecule has 0 fully saturated rings. The SMILES string of the molecule is CNc1ccc(C)cc1C(=O)NCC(=O)NCCOC. The smallest absolute Gasteiger partial charge is 0.253 e. The van der Waals surface area contributed by atoms with Gasteiger partial charge in [0.05, 0.1) is 18.7 Å². The lowest BCUT2D eigenvalue weighted by Crippen LogP contribution is -2.38. The van der Waals surface area contributed by atoms with Crippen molar-refractivity contribution in [3.8, 4) is 0 Å². The highest BCUT2D eigenvalue weighted by Crippen LogP contribution is 2.16. The molecule has 0 saturated heterocycles. The molecule has 6 heteroatoms. The highest BCUT2D eigenvalue weighted by molar-refractivity contribution is 6.01. The number of hydrogen-bond acceptors (Lipinski definition) is 4. The minimum atomic E-state index is -0.278. The Hall–Kier alpha value is -2.08. The summed E-state index contributed by atoms with van der Waals surface area (Å²) in [5, 5.41) is 8.19. The van der Waals surface area contributed by atoms with Gasteiger partial charge in [-0.3, -0.25) is 9.59 Å². The maximum Gasteiger partial charge on any atom is 0.253 e. The Kier molecular flexibility index (Phi) is 6.52. The number of hydrogen-bond donors (Lipinski definition) is 3. The first-order valence-corrected chi connectivity index (χ1v) is 6.40. The molecule has 1 rings (SSSR count). The minimum Gasteiger partial charge on any atom is -0.387 e. The Morgan fingerprint density at radius 3 is 2.65 bits per heavy atom. The van der Waals surface area contributed by atoms with Gasteiger partial charge < -0.3 is 20.7 Å². The molecule has 2 amide bonds. The van der Waals surface area contributed by atoms with Crippen LogP contribution in [0.2, 0.25) is 0 Å². The monoisotopic (exact) mass is 279 g/mol. The van der Waals surface area contributed by atoms with Crippen LogP contribution in [0.25, 0.3) is 0 Å². The fraction of sp³-hybridized carbons (Fsp3) is 0.429. The van der Waals surface area contributed by atoms with Gasteiger partial charge in [-0.2, -0.15) is 0 Å². The normalized spacial score (nSPS) is 9.95. The molecule has 0 radical (unpaired) electrons. The Bertz CT molecular complexity index is 475. The first-order chi connectivity index (χ1) is 9.58. The van der Waals surface area contributed by atoms with E-state index in [1.807, 2.05) is 19.1 Å². The van der Waals surface area contributed by atoms with Crippen LogP contribution in [0, 0.1) is 6.92 Å². The summed E-state index contributed by atoms with van der Waals surface area (Å²) in [5.74, 6) is -0.519. The highest BCUT2D eigenvalue weighted by Gasteiger charge is 2.12. The first kappa shape index (κ1) is 16.0. The molecule has 0 spiro atoms. The van der Waals surface area contributed by atoms with Crippen LogP contribution >= 0.6 is 0 Å². The molecule has 1 aromatic carbocycles. The van der Waals surface area contributed by atoms with Crippen LogP contribution in [0.5, 0.6) is 0 Å². The molecule has 0 bridgehead atoms. The van der Waals surface area contributed by atoms with Crippen LogP contribution in [0.3, 0.4) is 0 Å². The summed E-state index contributed by atoms with van der Waals surface area (Å²) < 4.78 is 4.82. The summed E-state index contributed by atoms with van der Waals surface area (Å²) in [5.41, 5.74) is 2.24. The fourth-order valence-electron chi connectivity index (χ4n) is 1.67. The summed E-state index contributed by atoms with van der Waals surface area (Å²) in [6.45, 7) is 2.73. The van der Waals surface area contributed by atoms with Crippen molar-refractivity contribution >= 4 is 17.5 Å². The third-order valence-corrected chi connectivity index (χ3v) is 2.73. The molecular weight excluding hydrogens is 258 g/mol. The van der Waals surface area contributed by atoms with Crippen molar-refractivity contribution in [1.29, 1.82) is 0 Å². The van der Waals surface area contributed by atoms with E-state index in [1.54, 1.807) is 20.2 Å². The zero-order chi connectivity index (χ0) is 15.0. The standard InChI is InChI=1S/C14H21N3O3/c1-10-4-5-12(15-2)11(8-10)14(19)17-9-13(18)16-6-7-20-3/h4-5,8,15H,6-7,9H2,1-3H3,(H,16,18)(H,17,19). The van der Waals surface area contributed by atoms with Crippen LogP contribution in [0.4, 0.5) is 5.69 Å². The number of benzene rings is 1. The molecule has 6 nitrogen and oxygen atoms in total. The van der Waals surface area contributed by atoms with Gasteiger partial charge >= 0.3 is 0 Å². The Morgan fingerprint density at radius 1 is 1.25 bits per heavy atom. The fourth-order valence-corrected chi connectivity index (χ4v) is 1.67. The Morgan fingerprint density at radius 2 is 2.00 bits per heavy atom. The largest absolute Gasteiger partial charge is 0.387 e. The molecular formula is C14H21N3O3. The number of methoxy groups -OCH3 is 1. The highest BCUT2D eigenvalue weighted by atomic mass is 16.5. The van der Waals surface area contributed by atoms with Gasteiger partial charge in [-0.05, 0) is 19.1 Å². The molecule has 0 aromatic heterocycles. The van der Waals surface area contributed by atoms with E-state index < -0.39 is 0 Å². The van der Waals surface area contributed by atoms with E-state index in [0.29, 0.717) is 18.7 Å². The summed E-state index contributed by atoms with van der Waals surface area (Å²) in [4.78, 5) is 23.5. The summed E-state index contributed by atoms with van der Waals surface area (Å²) in [6, 6.07) is 5.53. The lowest BCUT2D eigenvalue weighted by atomic mass is 10.1. The number of rotatable bonds is 7. The first-order valence-electron chi connectivity index (χ1n) is 6.40. The summed E-state index contributed by atoms with van der Waals surface area (Å²) in [7, 11) is 3.31. The molecule has 0 aliphatic heterocycles. The molecule has 0 heterocycles. The second-order valence-corrected chi connectivity index (χ2v) is 4.32.